The van der Waals surface area contributed by atoms with Gasteiger partial charge >= 0.3 is 11.9 Å². The van der Waals surface area contributed by atoms with Gasteiger partial charge in [0.25, 0.3) is 0 Å². The van der Waals surface area contributed by atoms with E-state index in [0.717, 1.165) is 4.90 Å². The topological polar surface area (TPSA) is 52.6 Å². The maximum Gasteiger partial charge on any atom is 0.334 e. The summed E-state index contributed by atoms with van der Waals surface area (Å²) in [5.41, 5.74) is 0. The Morgan fingerprint density at radius 3 is 1.90 bits per heavy atom. The maximum absolute atomic E-state index is 12.3. The molecule has 1 aromatic rings. The second-order valence-electron chi connectivity index (χ2n) is 4.04. The van der Waals surface area contributed by atoms with Gasteiger partial charge in [-0.2, -0.15) is 0 Å². The molecule has 5 heteroatoms. The van der Waals surface area contributed by atoms with Gasteiger partial charge in [-0.05, 0) is 32.4 Å². The van der Waals surface area contributed by atoms with Crippen LogP contribution in [0.5, 0.6) is 0 Å². The Morgan fingerprint density at radius 2 is 1.50 bits per heavy atom. The van der Waals surface area contributed by atoms with Gasteiger partial charge in [0.15, 0.2) is 0 Å². The van der Waals surface area contributed by atoms with E-state index in [1.54, 1.807) is 20.8 Å². The van der Waals surface area contributed by atoms with Gasteiger partial charge in [0.1, 0.15) is 0 Å². The molecule has 0 saturated carbocycles. The van der Waals surface area contributed by atoms with Crippen LogP contribution in [0.15, 0.2) is 35.2 Å². The van der Waals surface area contributed by atoms with Crippen molar-refractivity contribution in [3.8, 4) is 0 Å². The molecule has 0 N–H and O–H groups in total. The van der Waals surface area contributed by atoms with Crippen molar-refractivity contribution in [1.82, 2.24) is 0 Å². The summed E-state index contributed by atoms with van der Waals surface area (Å²) < 4.78 is 8.81. The third kappa shape index (κ3) is 3.76. The number of esters is 2. The van der Waals surface area contributed by atoms with Crippen LogP contribution in [-0.2, 0) is 19.1 Å². The Kier molecular flexibility index (Phi) is 6.58. The minimum Gasteiger partial charge on any atom is -0.465 e. The molecule has 0 bridgehead atoms. The highest BCUT2D eigenvalue weighted by atomic mass is 32.2. The van der Waals surface area contributed by atoms with Gasteiger partial charge in [-0.25, -0.2) is 9.59 Å². The second kappa shape index (κ2) is 7.94. The van der Waals surface area contributed by atoms with Crippen LogP contribution in [-0.4, -0.2) is 29.9 Å². The van der Waals surface area contributed by atoms with E-state index in [0.29, 0.717) is 6.42 Å². The van der Waals surface area contributed by atoms with E-state index < -0.39 is 16.7 Å². The van der Waals surface area contributed by atoms with Gasteiger partial charge in [0.05, 0.1) is 13.2 Å². The Morgan fingerprint density at radius 1 is 1.00 bits per heavy atom. The summed E-state index contributed by atoms with van der Waals surface area (Å²) in [4.78, 5) is 25.4. The van der Waals surface area contributed by atoms with Crippen LogP contribution in [0.3, 0.4) is 0 Å². The predicted octanol–water partition coefficient (Wildman–Crippen LogP) is 3.05. The number of hydrogen-bond donors (Lipinski definition) is 0. The lowest BCUT2D eigenvalue weighted by Gasteiger charge is -2.27. The molecule has 0 saturated heterocycles. The molecule has 1 rings (SSSR count). The zero-order valence-corrected chi connectivity index (χ0v) is 12.9. The highest BCUT2D eigenvalue weighted by Gasteiger charge is 2.48. The Labute approximate surface area is 123 Å². The molecule has 20 heavy (non-hydrogen) atoms. The number of carbonyl (C=O) groups excluding carboxylic acids is 2. The van der Waals surface area contributed by atoms with Crippen LogP contribution in [0.4, 0.5) is 0 Å². The molecule has 0 unspecified atom stereocenters. The molecular weight excluding hydrogens is 276 g/mol. The van der Waals surface area contributed by atoms with E-state index in [9.17, 15) is 9.59 Å². The number of carbonyl (C=O) groups is 2. The molecule has 110 valence electrons. The quantitative estimate of drug-likeness (QED) is 0.440. The third-order valence-electron chi connectivity index (χ3n) is 2.74. The molecule has 1 aromatic carbocycles. The Hall–Kier alpha value is -1.49. The minimum atomic E-state index is -1.34. The van der Waals surface area contributed by atoms with Crippen LogP contribution >= 0.6 is 11.8 Å². The van der Waals surface area contributed by atoms with Crippen molar-refractivity contribution >= 4 is 23.7 Å². The average Bonchev–Trinajstić information content (AvgIpc) is 2.46. The summed E-state index contributed by atoms with van der Waals surface area (Å²) >= 11 is 1.18. The summed E-state index contributed by atoms with van der Waals surface area (Å²) in [6.07, 6.45) is 0.310. The molecule has 0 amide bonds. The van der Waals surface area contributed by atoms with Crippen molar-refractivity contribution in [1.29, 1.82) is 0 Å². The van der Waals surface area contributed by atoms with Gasteiger partial charge in [0, 0.05) is 4.90 Å². The average molecular weight is 296 g/mol. The first-order chi connectivity index (χ1) is 9.60. The molecule has 0 aliphatic rings. The number of thioether (sulfide) groups is 1. The smallest absolute Gasteiger partial charge is 0.334 e. The monoisotopic (exact) mass is 296 g/mol. The number of benzene rings is 1. The highest BCUT2D eigenvalue weighted by Crippen LogP contribution is 2.38. The van der Waals surface area contributed by atoms with Crippen LogP contribution in [0.2, 0.25) is 0 Å². The SMILES string of the molecule is CCOC(=O)C(CC)(Sc1ccccc1)C(=O)OCC. The zero-order chi connectivity index (χ0) is 15.0. The fourth-order valence-electron chi connectivity index (χ4n) is 1.71. The summed E-state index contributed by atoms with van der Waals surface area (Å²) in [6, 6.07) is 9.31. The fourth-order valence-corrected chi connectivity index (χ4v) is 2.84. The fraction of sp³-hybridized carbons (Fsp3) is 0.467. The highest BCUT2D eigenvalue weighted by molar-refractivity contribution is 8.02. The van der Waals surface area contributed by atoms with E-state index >= 15 is 0 Å². The van der Waals surface area contributed by atoms with Crippen molar-refractivity contribution in [2.45, 2.75) is 36.8 Å². The van der Waals surface area contributed by atoms with E-state index in [1.807, 2.05) is 30.3 Å². The predicted molar refractivity (Wildman–Crippen MR) is 78.6 cm³/mol. The largest absolute Gasteiger partial charge is 0.465 e. The van der Waals surface area contributed by atoms with Crippen LogP contribution in [0.1, 0.15) is 27.2 Å². The van der Waals surface area contributed by atoms with Crippen LogP contribution < -0.4 is 0 Å². The minimum absolute atomic E-state index is 0.231. The maximum atomic E-state index is 12.3. The first-order valence-corrected chi connectivity index (χ1v) is 7.50. The van der Waals surface area contributed by atoms with Gasteiger partial charge in [-0.15, -0.1) is 0 Å². The summed E-state index contributed by atoms with van der Waals surface area (Å²) in [5.74, 6) is -1.09. The number of rotatable bonds is 7. The second-order valence-corrected chi connectivity index (χ2v) is 5.41. The van der Waals surface area contributed by atoms with Gasteiger partial charge in [0.2, 0.25) is 4.75 Å². The molecule has 0 heterocycles. The van der Waals surface area contributed by atoms with Crippen molar-refractivity contribution in [3.05, 3.63) is 30.3 Å². The zero-order valence-electron chi connectivity index (χ0n) is 12.0. The van der Waals surface area contributed by atoms with Gasteiger partial charge in [-0.3, -0.25) is 0 Å². The lowest BCUT2D eigenvalue weighted by Crippen LogP contribution is -2.45. The Balaban J connectivity index is 3.10. The van der Waals surface area contributed by atoms with Crippen LogP contribution in [0, 0.1) is 0 Å². The molecule has 0 radical (unpaired) electrons. The van der Waals surface area contributed by atoms with E-state index in [4.69, 9.17) is 9.47 Å². The molecule has 0 aromatic heterocycles. The molecule has 0 aliphatic heterocycles. The van der Waals surface area contributed by atoms with Crippen molar-refractivity contribution < 1.29 is 19.1 Å². The molecule has 0 spiro atoms. The van der Waals surface area contributed by atoms with Crippen molar-refractivity contribution in [2.75, 3.05) is 13.2 Å². The Bertz CT molecular complexity index is 426. The summed E-state index contributed by atoms with van der Waals surface area (Å²) in [5, 5.41) is 0. The molecule has 0 aliphatic carbocycles. The van der Waals surface area contributed by atoms with E-state index in [-0.39, 0.29) is 13.2 Å². The molecular formula is C15H20O4S. The summed E-state index contributed by atoms with van der Waals surface area (Å²) in [6.45, 7) is 5.68. The lowest BCUT2D eigenvalue weighted by atomic mass is 10.1. The van der Waals surface area contributed by atoms with Crippen molar-refractivity contribution in [3.63, 3.8) is 0 Å². The molecule has 0 atom stereocenters. The summed E-state index contributed by atoms with van der Waals surface area (Å²) in [7, 11) is 0. The van der Waals surface area contributed by atoms with E-state index in [2.05, 4.69) is 0 Å². The van der Waals surface area contributed by atoms with E-state index in [1.165, 1.54) is 11.8 Å². The molecule has 4 nitrogen and oxygen atoms in total. The van der Waals surface area contributed by atoms with Crippen molar-refractivity contribution in [2.24, 2.45) is 0 Å². The first-order valence-electron chi connectivity index (χ1n) is 6.69. The van der Waals surface area contributed by atoms with Gasteiger partial charge < -0.3 is 9.47 Å². The normalized spacial score (nSPS) is 10.9. The van der Waals surface area contributed by atoms with Crippen LogP contribution in [0.25, 0.3) is 0 Å². The first kappa shape index (κ1) is 16.6. The molecule has 0 fully saturated rings. The number of hydrogen-bond acceptors (Lipinski definition) is 5. The third-order valence-corrected chi connectivity index (χ3v) is 4.22. The lowest BCUT2D eigenvalue weighted by molar-refractivity contribution is -0.158. The standard InChI is InChI=1S/C15H20O4S/c1-4-15(13(16)18-5-2,14(17)19-6-3)20-12-10-8-7-9-11-12/h7-11H,4-6H2,1-3H3. The van der Waals surface area contributed by atoms with Gasteiger partial charge in [-0.1, -0.05) is 36.9 Å². The number of ether oxygens (including phenoxy) is 2.